The fourth-order valence-corrected chi connectivity index (χ4v) is 1.70. The highest BCUT2D eigenvalue weighted by Crippen LogP contribution is 2.37. The molecule has 0 amide bonds. The van der Waals surface area contributed by atoms with Gasteiger partial charge in [0.05, 0.1) is 6.61 Å². The van der Waals surface area contributed by atoms with Gasteiger partial charge < -0.3 is 14.5 Å². The SMILES string of the molecule is CCCC(=O)C1=C(COP(=O)(O)O)COC1=O. The van der Waals surface area contributed by atoms with Crippen molar-refractivity contribution in [3.8, 4) is 0 Å². The summed E-state index contributed by atoms with van der Waals surface area (Å²) in [6.45, 7) is 1.13. The van der Waals surface area contributed by atoms with Gasteiger partial charge in [0.2, 0.25) is 0 Å². The minimum atomic E-state index is -4.62. The maximum absolute atomic E-state index is 11.6. The number of rotatable bonds is 6. The van der Waals surface area contributed by atoms with E-state index in [1.54, 1.807) is 6.92 Å². The molecule has 0 bridgehead atoms. The molecule has 1 rings (SSSR count). The first-order valence-corrected chi connectivity index (χ1v) is 6.50. The van der Waals surface area contributed by atoms with Crippen molar-refractivity contribution in [1.29, 1.82) is 0 Å². The molecule has 0 aromatic carbocycles. The fourth-order valence-electron chi connectivity index (χ4n) is 1.38. The zero-order valence-corrected chi connectivity index (χ0v) is 10.1. The third-order valence-corrected chi connectivity index (χ3v) is 2.56. The van der Waals surface area contributed by atoms with E-state index in [1.165, 1.54) is 0 Å². The minimum Gasteiger partial charge on any atom is -0.457 e. The molecule has 0 aromatic heterocycles. The zero-order valence-electron chi connectivity index (χ0n) is 9.21. The first-order chi connectivity index (χ1) is 7.85. The maximum Gasteiger partial charge on any atom is 0.469 e. The first-order valence-electron chi connectivity index (χ1n) is 4.97. The second kappa shape index (κ2) is 5.55. The van der Waals surface area contributed by atoms with Gasteiger partial charge in [0.15, 0.2) is 5.78 Å². The van der Waals surface area contributed by atoms with E-state index < -0.39 is 20.4 Å². The van der Waals surface area contributed by atoms with Gasteiger partial charge in [-0.3, -0.25) is 9.32 Å². The van der Waals surface area contributed by atoms with Crippen molar-refractivity contribution < 1.29 is 33.2 Å². The van der Waals surface area contributed by atoms with Crippen LogP contribution in [0.4, 0.5) is 0 Å². The summed E-state index contributed by atoms with van der Waals surface area (Å²) in [4.78, 5) is 39.9. The van der Waals surface area contributed by atoms with Gasteiger partial charge in [0, 0.05) is 12.0 Å². The molecule has 0 fully saturated rings. The number of ketones is 1. The van der Waals surface area contributed by atoms with Crippen molar-refractivity contribution in [2.75, 3.05) is 13.2 Å². The van der Waals surface area contributed by atoms with Gasteiger partial charge in [-0.1, -0.05) is 6.92 Å². The van der Waals surface area contributed by atoms with E-state index in [0.717, 1.165) is 0 Å². The third-order valence-electron chi connectivity index (χ3n) is 2.10. The summed E-state index contributed by atoms with van der Waals surface area (Å²) >= 11 is 0. The first kappa shape index (κ1) is 14.1. The average molecular weight is 264 g/mol. The van der Waals surface area contributed by atoms with Gasteiger partial charge in [0.25, 0.3) is 0 Å². The van der Waals surface area contributed by atoms with E-state index in [1.807, 2.05) is 0 Å². The van der Waals surface area contributed by atoms with Crippen LogP contribution in [0.3, 0.4) is 0 Å². The van der Waals surface area contributed by atoms with Crippen molar-refractivity contribution in [3.63, 3.8) is 0 Å². The molecule has 0 saturated carbocycles. The fraction of sp³-hybridized carbons (Fsp3) is 0.556. The number of phosphoric acid groups is 1. The van der Waals surface area contributed by atoms with Crippen molar-refractivity contribution in [3.05, 3.63) is 11.1 Å². The van der Waals surface area contributed by atoms with Crippen molar-refractivity contribution in [2.24, 2.45) is 0 Å². The monoisotopic (exact) mass is 264 g/mol. The van der Waals surface area contributed by atoms with Gasteiger partial charge >= 0.3 is 13.8 Å². The largest absolute Gasteiger partial charge is 0.469 e. The molecule has 1 heterocycles. The van der Waals surface area contributed by atoms with Crippen LogP contribution in [0.2, 0.25) is 0 Å². The molecule has 0 spiro atoms. The van der Waals surface area contributed by atoms with E-state index in [0.29, 0.717) is 6.42 Å². The van der Waals surface area contributed by atoms with Gasteiger partial charge in [0.1, 0.15) is 12.2 Å². The van der Waals surface area contributed by atoms with E-state index in [9.17, 15) is 14.2 Å². The van der Waals surface area contributed by atoms with Crippen LogP contribution in [0.15, 0.2) is 11.1 Å². The summed E-state index contributed by atoms with van der Waals surface area (Å²) in [5.41, 5.74) is 0.0390. The van der Waals surface area contributed by atoms with Crippen LogP contribution in [0.25, 0.3) is 0 Å². The summed E-state index contributed by atoms with van der Waals surface area (Å²) in [5.74, 6) is -1.15. The predicted molar refractivity (Wildman–Crippen MR) is 55.9 cm³/mol. The smallest absolute Gasteiger partial charge is 0.457 e. The third kappa shape index (κ3) is 4.05. The summed E-state index contributed by atoms with van der Waals surface area (Å²) < 4.78 is 19.4. The van der Waals surface area contributed by atoms with Crippen LogP contribution in [0.1, 0.15) is 19.8 Å². The number of carbonyl (C=O) groups is 2. The van der Waals surface area contributed by atoms with Crippen LogP contribution in [0, 0.1) is 0 Å². The minimum absolute atomic E-state index is 0.139. The zero-order chi connectivity index (χ0) is 13.1. The Morgan fingerprint density at radius 1 is 1.53 bits per heavy atom. The summed E-state index contributed by atoms with van der Waals surface area (Å²) in [7, 11) is -4.62. The van der Waals surface area contributed by atoms with E-state index in [-0.39, 0.29) is 30.0 Å². The number of carbonyl (C=O) groups excluding carboxylic acids is 2. The number of ether oxygens (including phenoxy) is 1. The Hall–Kier alpha value is -1.01. The van der Waals surface area contributed by atoms with Crippen molar-refractivity contribution in [2.45, 2.75) is 19.8 Å². The van der Waals surface area contributed by atoms with Crippen molar-refractivity contribution in [1.82, 2.24) is 0 Å². The molecule has 0 unspecified atom stereocenters. The highest BCUT2D eigenvalue weighted by atomic mass is 31.2. The summed E-state index contributed by atoms with van der Waals surface area (Å²) in [6.07, 6.45) is 0.756. The molecular formula is C9H13O7P. The molecule has 1 aliphatic heterocycles. The van der Waals surface area contributed by atoms with Crippen LogP contribution >= 0.6 is 7.82 Å². The highest BCUT2D eigenvalue weighted by Gasteiger charge is 2.31. The molecule has 0 saturated heterocycles. The molecule has 7 nitrogen and oxygen atoms in total. The lowest BCUT2D eigenvalue weighted by Crippen LogP contribution is -2.11. The highest BCUT2D eigenvalue weighted by molar-refractivity contribution is 7.46. The topological polar surface area (TPSA) is 110 Å². The Morgan fingerprint density at radius 2 is 2.18 bits per heavy atom. The number of cyclic esters (lactones) is 1. The number of hydrogen-bond donors (Lipinski definition) is 2. The molecule has 96 valence electrons. The van der Waals surface area contributed by atoms with Gasteiger partial charge in [-0.2, -0.15) is 0 Å². The van der Waals surface area contributed by atoms with E-state index in [4.69, 9.17) is 9.79 Å². The Bertz CT molecular complexity index is 406. The lowest BCUT2D eigenvalue weighted by molar-refractivity contribution is -0.137. The molecular weight excluding hydrogens is 251 g/mol. The normalized spacial score (nSPS) is 16.3. The Morgan fingerprint density at radius 3 is 2.71 bits per heavy atom. The molecule has 0 aromatic rings. The Balaban J connectivity index is 2.81. The standard InChI is InChI=1S/C9H13O7P/c1-2-3-7(10)8-6(4-15-9(8)11)5-16-17(12,13)14/h2-5H2,1H3,(H2,12,13,14). The van der Waals surface area contributed by atoms with Crippen molar-refractivity contribution >= 4 is 19.6 Å². The average Bonchev–Trinajstić information content (AvgIpc) is 2.56. The molecule has 0 atom stereocenters. The maximum atomic E-state index is 11.6. The van der Waals surface area contributed by atoms with Gasteiger partial charge in [-0.25, -0.2) is 9.36 Å². The van der Waals surface area contributed by atoms with E-state index >= 15 is 0 Å². The number of hydrogen-bond acceptors (Lipinski definition) is 5. The van der Waals surface area contributed by atoms with Gasteiger partial charge in [-0.05, 0) is 6.42 Å². The quantitative estimate of drug-likeness (QED) is 0.403. The molecule has 8 heteroatoms. The van der Waals surface area contributed by atoms with Crippen LogP contribution in [-0.4, -0.2) is 34.8 Å². The Labute approximate surface area is 97.7 Å². The molecule has 1 aliphatic rings. The van der Waals surface area contributed by atoms with Crippen LogP contribution in [0.5, 0.6) is 0 Å². The lowest BCUT2D eigenvalue weighted by atomic mass is 10.0. The van der Waals surface area contributed by atoms with Crippen LogP contribution in [-0.2, 0) is 23.4 Å². The number of esters is 1. The lowest BCUT2D eigenvalue weighted by Gasteiger charge is -2.05. The predicted octanol–water partition coefficient (Wildman–Crippen LogP) is 0.318. The summed E-state index contributed by atoms with van der Waals surface area (Å²) in [6, 6.07) is 0. The second-order valence-corrected chi connectivity index (χ2v) is 4.73. The molecule has 0 radical (unpaired) electrons. The summed E-state index contributed by atoms with van der Waals surface area (Å²) in [5, 5.41) is 0. The molecule has 0 aliphatic carbocycles. The number of Topliss-reactive ketones (excluding diaryl/α,β-unsaturated/α-hetero) is 1. The number of phosphoric ester groups is 1. The Kier molecular flexibility index (Phi) is 4.59. The van der Waals surface area contributed by atoms with E-state index in [2.05, 4.69) is 9.26 Å². The second-order valence-electron chi connectivity index (χ2n) is 3.49. The van der Waals surface area contributed by atoms with Crippen LogP contribution < -0.4 is 0 Å². The van der Waals surface area contributed by atoms with Gasteiger partial charge in [-0.15, -0.1) is 0 Å². The molecule has 2 N–H and O–H groups in total. The molecule has 17 heavy (non-hydrogen) atoms.